The van der Waals surface area contributed by atoms with Gasteiger partial charge in [0.15, 0.2) is 6.61 Å². The van der Waals surface area contributed by atoms with Gasteiger partial charge in [0.1, 0.15) is 6.04 Å². The molecule has 0 saturated heterocycles. The van der Waals surface area contributed by atoms with Crippen molar-refractivity contribution in [3.05, 3.63) is 46.7 Å². The molecule has 2 aromatic rings. The number of carbonyl (C=O) groups is 3. The monoisotopic (exact) mass is 453 g/mol. The first-order valence-corrected chi connectivity index (χ1v) is 11.3. The molecule has 0 radical (unpaired) electrons. The zero-order chi connectivity index (χ0) is 22.3. The van der Waals surface area contributed by atoms with Crippen LogP contribution < -0.4 is 10.0 Å². The second kappa shape index (κ2) is 10.3. The fourth-order valence-corrected chi connectivity index (χ4v) is 4.23. The minimum Gasteiger partial charge on any atom is -0.454 e. The molecule has 11 heteroatoms. The van der Waals surface area contributed by atoms with E-state index < -0.39 is 34.5 Å². The average molecular weight is 454 g/mol. The third-order valence-electron chi connectivity index (χ3n) is 3.93. The van der Waals surface area contributed by atoms with Crippen molar-refractivity contribution < 1.29 is 27.5 Å². The third kappa shape index (κ3) is 6.94. The number of hydrogen-bond donors (Lipinski definition) is 2. The normalized spacial score (nSPS) is 12.1. The van der Waals surface area contributed by atoms with Crippen molar-refractivity contribution in [1.29, 1.82) is 0 Å². The number of thiophene rings is 1. The molecule has 1 heterocycles. The number of esters is 1. The average Bonchev–Trinajstić information content (AvgIpc) is 3.18. The second-order valence-corrected chi connectivity index (χ2v) is 9.03. The number of amides is 2. The molecule has 1 atom stereocenters. The van der Waals surface area contributed by atoms with Crippen molar-refractivity contribution in [1.82, 2.24) is 9.62 Å². The van der Waals surface area contributed by atoms with Crippen LogP contribution in [0.2, 0.25) is 0 Å². The summed E-state index contributed by atoms with van der Waals surface area (Å²) in [7, 11) is -2.41. The van der Waals surface area contributed by atoms with Crippen LogP contribution in [0.1, 0.15) is 19.4 Å². The Bertz CT molecular complexity index is 988. The second-order valence-electron chi connectivity index (χ2n) is 6.54. The number of likely N-dealkylation sites (N-methyl/N-ethyl adjacent to an activating group) is 1. The van der Waals surface area contributed by atoms with Crippen LogP contribution in [-0.4, -0.2) is 50.8 Å². The first-order chi connectivity index (χ1) is 14.1. The van der Waals surface area contributed by atoms with Crippen LogP contribution in [0.3, 0.4) is 0 Å². The molecule has 0 unspecified atom stereocenters. The highest BCUT2D eigenvalue weighted by molar-refractivity contribution is 7.89. The number of anilines is 1. The van der Waals surface area contributed by atoms with E-state index >= 15 is 0 Å². The Labute approximate surface area is 179 Å². The standard InChI is InChI=1S/C19H23N3O6S2/c1-13(19(25)28-11-18(24)22(3)10-15-8-9-29-12-15)21-30(26,27)17-6-4-16(5-7-17)20-14(2)23/h4-9,12-13,21H,10-11H2,1-3H3,(H,20,23)/t13-/m0/s1. The molecular weight excluding hydrogens is 430 g/mol. The van der Waals surface area contributed by atoms with Crippen molar-refractivity contribution in [2.45, 2.75) is 31.3 Å². The maximum atomic E-state index is 12.4. The molecule has 0 aliphatic rings. The summed E-state index contributed by atoms with van der Waals surface area (Å²) >= 11 is 1.52. The molecule has 9 nitrogen and oxygen atoms in total. The highest BCUT2D eigenvalue weighted by Crippen LogP contribution is 2.14. The molecule has 162 valence electrons. The van der Waals surface area contributed by atoms with Gasteiger partial charge in [-0.05, 0) is 53.6 Å². The number of hydrogen-bond acceptors (Lipinski definition) is 7. The van der Waals surface area contributed by atoms with Crippen LogP contribution in [0.5, 0.6) is 0 Å². The summed E-state index contributed by atoms with van der Waals surface area (Å²) in [5, 5.41) is 6.34. The van der Waals surface area contributed by atoms with Gasteiger partial charge < -0.3 is 15.0 Å². The Morgan fingerprint density at radius 1 is 1.17 bits per heavy atom. The van der Waals surface area contributed by atoms with Gasteiger partial charge in [-0.15, -0.1) is 0 Å². The molecule has 0 fully saturated rings. The number of nitrogens with zero attached hydrogens (tertiary/aromatic N) is 1. The fourth-order valence-electron chi connectivity index (χ4n) is 2.38. The first kappa shape index (κ1) is 23.5. The lowest BCUT2D eigenvalue weighted by Crippen LogP contribution is -2.41. The molecule has 0 saturated carbocycles. The predicted molar refractivity (Wildman–Crippen MR) is 112 cm³/mol. The summed E-state index contributed by atoms with van der Waals surface area (Å²) in [4.78, 5) is 36.6. The summed E-state index contributed by atoms with van der Waals surface area (Å²) in [6.45, 7) is 2.56. The molecule has 0 aliphatic heterocycles. The van der Waals surface area contributed by atoms with Crippen LogP contribution in [0.4, 0.5) is 5.69 Å². The minimum atomic E-state index is -4.00. The zero-order valence-corrected chi connectivity index (χ0v) is 18.4. The van der Waals surface area contributed by atoms with Gasteiger partial charge in [-0.2, -0.15) is 16.1 Å². The molecule has 30 heavy (non-hydrogen) atoms. The molecule has 0 spiro atoms. The van der Waals surface area contributed by atoms with Crippen LogP contribution in [0, 0.1) is 0 Å². The fraction of sp³-hybridized carbons (Fsp3) is 0.316. The lowest BCUT2D eigenvalue weighted by atomic mass is 10.3. The highest BCUT2D eigenvalue weighted by Gasteiger charge is 2.24. The molecule has 1 aromatic heterocycles. The van der Waals surface area contributed by atoms with Gasteiger partial charge in [0.25, 0.3) is 5.91 Å². The summed E-state index contributed by atoms with van der Waals surface area (Å²) in [5.41, 5.74) is 1.41. The van der Waals surface area contributed by atoms with Gasteiger partial charge >= 0.3 is 5.97 Å². The summed E-state index contributed by atoms with van der Waals surface area (Å²) < 4.78 is 32.0. The van der Waals surface area contributed by atoms with E-state index in [2.05, 4.69) is 10.0 Å². The largest absolute Gasteiger partial charge is 0.454 e. The number of rotatable bonds is 9. The Balaban J connectivity index is 1.87. The van der Waals surface area contributed by atoms with E-state index in [1.54, 1.807) is 7.05 Å². The molecule has 2 amide bonds. The Morgan fingerprint density at radius 2 is 1.83 bits per heavy atom. The molecule has 0 bridgehead atoms. The minimum absolute atomic E-state index is 0.0807. The lowest BCUT2D eigenvalue weighted by molar-refractivity contribution is -0.152. The SMILES string of the molecule is CC(=O)Nc1ccc(S(=O)(=O)N[C@@H](C)C(=O)OCC(=O)N(C)Cc2ccsc2)cc1. The molecule has 1 aromatic carbocycles. The third-order valence-corrected chi connectivity index (χ3v) is 6.22. The maximum Gasteiger partial charge on any atom is 0.324 e. The summed E-state index contributed by atoms with van der Waals surface area (Å²) in [6.07, 6.45) is 0. The van der Waals surface area contributed by atoms with Gasteiger partial charge in [-0.25, -0.2) is 8.42 Å². The number of benzene rings is 1. The van der Waals surface area contributed by atoms with E-state index in [1.165, 1.54) is 54.3 Å². The van der Waals surface area contributed by atoms with Crippen LogP contribution in [-0.2, 0) is 35.7 Å². The zero-order valence-electron chi connectivity index (χ0n) is 16.7. The number of carbonyl (C=O) groups excluding carboxylic acids is 3. The summed E-state index contributed by atoms with van der Waals surface area (Å²) in [6, 6.07) is 6.16. The van der Waals surface area contributed by atoms with Crippen molar-refractivity contribution >= 4 is 44.8 Å². The molecule has 2 rings (SSSR count). The molecule has 0 aliphatic carbocycles. The van der Waals surface area contributed by atoms with Crippen molar-refractivity contribution in [2.24, 2.45) is 0 Å². The van der Waals surface area contributed by atoms with E-state index in [0.29, 0.717) is 12.2 Å². The van der Waals surface area contributed by atoms with Crippen LogP contribution in [0.25, 0.3) is 0 Å². The van der Waals surface area contributed by atoms with Gasteiger partial charge in [-0.1, -0.05) is 0 Å². The van der Waals surface area contributed by atoms with E-state index in [0.717, 1.165) is 5.56 Å². The predicted octanol–water partition coefficient (Wildman–Crippen LogP) is 1.58. The van der Waals surface area contributed by atoms with Gasteiger partial charge in [0, 0.05) is 26.2 Å². The van der Waals surface area contributed by atoms with Crippen LogP contribution >= 0.6 is 11.3 Å². The summed E-state index contributed by atoms with van der Waals surface area (Å²) in [5.74, 6) is -1.56. The quantitative estimate of drug-likeness (QED) is 0.556. The Kier molecular flexibility index (Phi) is 8.09. The molecule has 2 N–H and O–H groups in total. The number of sulfonamides is 1. The van der Waals surface area contributed by atoms with Crippen molar-refractivity contribution in [2.75, 3.05) is 19.0 Å². The number of ether oxygens (including phenoxy) is 1. The first-order valence-electron chi connectivity index (χ1n) is 8.90. The van der Waals surface area contributed by atoms with Crippen molar-refractivity contribution in [3.63, 3.8) is 0 Å². The lowest BCUT2D eigenvalue weighted by Gasteiger charge is -2.18. The van der Waals surface area contributed by atoms with E-state index in [1.807, 2.05) is 16.8 Å². The van der Waals surface area contributed by atoms with E-state index in [9.17, 15) is 22.8 Å². The maximum absolute atomic E-state index is 12.4. The topological polar surface area (TPSA) is 122 Å². The van der Waals surface area contributed by atoms with Gasteiger partial charge in [0.05, 0.1) is 4.90 Å². The van der Waals surface area contributed by atoms with E-state index in [-0.39, 0.29) is 10.8 Å². The highest BCUT2D eigenvalue weighted by atomic mass is 32.2. The Morgan fingerprint density at radius 3 is 2.40 bits per heavy atom. The van der Waals surface area contributed by atoms with Gasteiger partial charge in [0.2, 0.25) is 15.9 Å². The van der Waals surface area contributed by atoms with Crippen molar-refractivity contribution in [3.8, 4) is 0 Å². The van der Waals surface area contributed by atoms with Gasteiger partial charge in [-0.3, -0.25) is 14.4 Å². The smallest absolute Gasteiger partial charge is 0.324 e. The van der Waals surface area contributed by atoms with E-state index in [4.69, 9.17) is 4.74 Å². The number of nitrogens with one attached hydrogen (secondary N) is 2. The Hall–Kier alpha value is -2.76. The molecular formula is C19H23N3O6S2. The van der Waals surface area contributed by atoms with Crippen LogP contribution in [0.15, 0.2) is 46.0 Å².